The number of carbonyl (C=O) groups excluding carboxylic acids is 3. The molecule has 2 amide bonds. The van der Waals surface area contributed by atoms with Crippen LogP contribution in [0.3, 0.4) is 0 Å². The Balaban J connectivity index is 1.98. The third-order valence-corrected chi connectivity index (χ3v) is 8.35. The van der Waals surface area contributed by atoms with E-state index in [-0.39, 0.29) is 53.6 Å². The number of fused-ring (bicyclic) bond motifs is 1. The van der Waals surface area contributed by atoms with Crippen molar-refractivity contribution in [3.8, 4) is 12.1 Å². The summed E-state index contributed by atoms with van der Waals surface area (Å²) in [6.45, 7) is 1.04. The summed E-state index contributed by atoms with van der Waals surface area (Å²) in [5.74, 6) is -1.48. The predicted octanol–water partition coefficient (Wildman–Crippen LogP) is 2.39. The fourth-order valence-corrected chi connectivity index (χ4v) is 6.07. The van der Waals surface area contributed by atoms with Crippen LogP contribution in [0, 0.1) is 22.7 Å². The van der Waals surface area contributed by atoms with E-state index in [0.717, 1.165) is 15.6 Å². The summed E-state index contributed by atoms with van der Waals surface area (Å²) in [6.07, 6.45) is -0.0691. The first-order chi connectivity index (χ1) is 18.6. The second-order valence-electron chi connectivity index (χ2n) is 8.07. The van der Waals surface area contributed by atoms with Crippen molar-refractivity contribution in [2.75, 3.05) is 25.5 Å². The molecule has 0 fully saturated rings. The van der Waals surface area contributed by atoms with Crippen LogP contribution in [0.15, 0.2) is 52.4 Å². The van der Waals surface area contributed by atoms with Crippen LogP contribution in [0.4, 0.5) is 5.69 Å². The summed E-state index contributed by atoms with van der Waals surface area (Å²) in [6, 6.07) is 14.0. The Kier molecular flexibility index (Phi) is 9.68. The van der Waals surface area contributed by atoms with Gasteiger partial charge in [0.05, 0.1) is 34.4 Å². The lowest BCUT2D eigenvalue weighted by molar-refractivity contribution is -0.141. The van der Waals surface area contributed by atoms with Crippen LogP contribution in [0.2, 0.25) is 0 Å². The second-order valence-corrected chi connectivity index (χ2v) is 11.0. The smallest absolute Gasteiger partial charge is 0.325 e. The third kappa shape index (κ3) is 7.14. The maximum Gasteiger partial charge on any atom is 0.325 e. The molecule has 1 aromatic heterocycles. The van der Waals surface area contributed by atoms with Gasteiger partial charge in [0.15, 0.2) is 4.80 Å². The highest BCUT2D eigenvalue weighted by Gasteiger charge is 2.24. The summed E-state index contributed by atoms with van der Waals surface area (Å²) in [7, 11) is -2.75. The highest BCUT2D eigenvalue weighted by atomic mass is 32.2. The van der Waals surface area contributed by atoms with Gasteiger partial charge in [0.1, 0.15) is 6.54 Å². The number of thiazole rings is 1. The molecule has 3 rings (SSSR count). The van der Waals surface area contributed by atoms with Crippen LogP contribution in [-0.2, 0) is 30.9 Å². The highest BCUT2D eigenvalue weighted by Crippen LogP contribution is 2.23. The topological polar surface area (TPSA) is 175 Å². The summed E-state index contributed by atoms with van der Waals surface area (Å²) in [4.78, 5) is 40.8. The zero-order chi connectivity index (χ0) is 28.6. The van der Waals surface area contributed by atoms with E-state index in [4.69, 9.17) is 15.3 Å². The number of sulfonamides is 1. The predicted molar refractivity (Wildman–Crippen MR) is 142 cm³/mol. The van der Waals surface area contributed by atoms with E-state index in [1.54, 1.807) is 18.2 Å². The number of ether oxygens (including phenoxy) is 1. The number of methoxy groups -OCH3 is 1. The molecule has 14 heteroatoms. The number of nitriles is 2. The summed E-state index contributed by atoms with van der Waals surface area (Å²) in [5.41, 5.74) is 1.24. The maximum absolute atomic E-state index is 13.0. The van der Waals surface area contributed by atoms with E-state index in [2.05, 4.69) is 10.3 Å². The minimum Gasteiger partial charge on any atom is -0.468 e. The number of hydrogen-bond donors (Lipinski definition) is 1. The molecule has 0 atom stereocenters. The lowest BCUT2D eigenvalue weighted by Gasteiger charge is -2.20. The molecule has 0 unspecified atom stereocenters. The van der Waals surface area contributed by atoms with Gasteiger partial charge in [-0.05, 0) is 42.5 Å². The molecule has 3 aromatic rings. The molecular formula is C25H24N6O6S2. The summed E-state index contributed by atoms with van der Waals surface area (Å²) >= 11 is 1.13. The molecule has 1 heterocycles. The Bertz CT molecular complexity index is 1640. The molecular weight excluding hydrogens is 544 g/mol. The van der Waals surface area contributed by atoms with Gasteiger partial charge in [0, 0.05) is 44.1 Å². The Labute approximate surface area is 228 Å². The van der Waals surface area contributed by atoms with Crippen molar-refractivity contribution in [2.45, 2.75) is 31.2 Å². The van der Waals surface area contributed by atoms with Crippen LogP contribution in [-0.4, -0.2) is 55.3 Å². The van der Waals surface area contributed by atoms with Gasteiger partial charge in [0.25, 0.3) is 5.91 Å². The minimum atomic E-state index is -3.99. The standard InChI is InChI=1S/C25H24N6O6S2/c1-17(32)28-19-7-10-21-22(15-19)38-25(31(21)16-23(33)37-2)29-24(34)18-5-8-20(9-6-18)39(35,36)30(13-3-11-26)14-4-12-27/h5-10,15H,3-4,13-14,16H2,1-2H3,(H,28,32). The van der Waals surface area contributed by atoms with E-state index in [0.29, 0.717) is 15.9 Å². The molecule has 0 aliphatic rings. The monoisotopic (exact) mass is 568 g/mol. The number of amides is 2. The lowest BCUT2D eigenvalue weighted by atomic mass is 10.2. The van der Waals surface area contributed by atoms with Crippen LogP contribution in [0.25, 0.3) is 10.2 Å². The maximum atomic E-state index is 13.0. The van der Waals surface area contributed by atoms with Crippen molar-refractivity contribution in [3.05, 3.63) is 52.8 Å². The number of aromatic nitrogens is 1. The largest absolute Gasteiger partial charge is 0.468 e. The Morgan fingerprint density at radius 3 is 2.28 bits per heavy atom. The first-order valence-corrected chi connectivity index (χ1v) is 13.8. The van der Waals surface area contributed by atoms with Gasteiger partial charge in [-0.25, -0.2) is 8.42 Å². The molecule has 202 valence electrons. The van der Waals surface area contributed by atoms with Crippen molar-refractivity contribution in [1.29, 1.82) is 10.5 Å². The van der Waals surface area contributed by atoms with Gasteiger partial charge in [-0.2, -0.15) is 19.8 Å². The molecule has 0 saturated carbocycles. The SMILES string of the molecule is COC(=O)Cn1c(=NC(=O)c2ccc(S(=O)(=O)N(CCC#N)CCC#N)cc2)sc2cc(NC(C)=O)ccc21. The van der Waals surface area contributed by atoms with Gasteiger partial charge in [-0.1, -0.05) is 11.3 Å². The second kappa shape index (κ2) is 12.9. The molecule has 0 radical (unpaired) electrons. The van der Waals surface area contributed by atoms with Crippen LogP contribution in [0.1, 0.15) is 30.1 Å². The van der Waals surface area contributed by atoms with E-state index in [1.807, 2.05) is 12.1 Å². The van der Waals surface area contributed by atoms with Crippen molar-refractivity contribution in [2.24, 2.45) is 4.99 Å². The van der Waals surface area contributed by atoms with Crippen molar-refractivity contribution < 1.29 is 27.5 Å². The molecule has 0 bridgehead atoms. The van der Waals surface area contributed by atoms with Gasteiger partial charge in [0.2, 0.25) is 15.9 Å². The average Bonchev–Trinajstić information content (AvgIpc) is 3.23. The number of anilines is 1. The van der Waals surface area contributed by atoms with E-state index < -0.39 is 21.9 Å². The van der Waals surface area contributed by atoms with Crippen molar-refractivity contribution in [1.82, 2.24) is 8.87 Å². The molecule has 0 aliphatic carbocycles. The fraction of sp³-hybridized carbons (Fsp3) is 0.280. The zero-order valence-corrected chi connectivity index (χ0v) is 22.7. The fourth-order valence-electron chi connectivity index (χ4n) is 3.56. The Hall–Kier alpha value is -4.37. The molecule has 12 nitrogen and oxygen atoms in total. The number of nitrogens with one attached hydrogen (secondary N) is 1. The van der Waals surface area contributed by atoms with Gasteiger partial charge in [-0.15, -0.1) is 0 Å². The minimum absolute atomic E-state index is 0.0346. The summed E-state index contributed by atoms with van der Waals surface area (Å²) in [5, 5.41) is 20.4. The van der Waals surface area contributed by atoms with Crippen molar-refractivity contribution >= 4 is 55.0 Å². The number of esters is 1. The average molecular weight is 569 g/mol. The molecule has 0 saturated heterocycles. The number of carbonyl (C=O) groups is 3. The number of benzene rings is 2. The zero-order valence-electron chi connectivity index (χ0n) is 21.1. The quantitative estimate of drug-likeness (QED) is 0.363. The first-order valence-electron chi connectivity index (χ1n) is 11.5. The van der Waals surface area contributed by atoms with Crippen LogP contribution < -0.4 is 10.1 Å². The van der Waals surface area contributed by atoms with Gasteiger partial charge >= 0.3 is 5.97 Å². The Morgan fingerprint density at radius 2 is 1.72 bits per heavy atom. The first kappa shape index (κ1) is 29.2. The van der Waals surface area contributed by atoms with Crippen LogP contribution >= 0.6 is 11.3 Å². The van der Waals surface area contributed by atoms with Crippen LogP contribution in [0.5, 0.6) is 0 Å². The molecule has 0 spiro atoms. The van der Waals surface area contributed by atoms with Crippen molar-refractivity contribution in [3.63, 3.8) is 0 Å². The van der Waals surface area contributed by atoms with Gasteiger partial charge in [-0.3, -0.25) is 14.4 Å². The molecule has 1 N–H and O–H groups in total. The van der Waals surface area contributed by atoms with E-state index in [9.17, 15) is 22.8 Å². The number of hydrogen-bond acceptors (Lipinski definition) is 9. The molecule has 0 aliphatic heterocycles. The van der Waals surface area contributed by atoms with E-state index in [1.165, 1.54) is 42.9 Å². The number of rotatable bonds is 10. The molecule has 2 aromatic carbocycles. The third-order valence-electron chi connectivity index (χ3n) is 5.40. The lowest BCUT2D eigenvalue weighted by Crippen LogP contribution is -2.32. The highest BCUT2D eigenvalue weighted by molar-refractivity contribution is 7.89. The van der Waals surface area contributed by atoms with E-state index >= 15 is 0 Å². The Morgan fingerprint density at radius 1 is 1.08 bits per heavy atom. The normalized spacial score (nSPS) is 11.7. The molecule has 39 heavy (non-hydrogen) atoms. The number of nitrogens with zero attached hydrogens (tertiary/aromatic N) is 5. The summed E-state index contributed by atoms with van der Waals surface area (Å²) < 4.78 is 34.0. The van der Waals surface area contributed by atoms with Gasteiger partial charge < -0.3 is 14.6 Å².